The van der Waals surface area contributed by atoms with Crippen LogP contribution in [0, 0.1) is 0 Å². The number of hydrogen-bond donors (Lipinski definition) is 3. The third-order valence-corrected chi connectivity index (χ3v) is 0.855. The fourth-order valence-corrected chi connectivity index (χ4v) is 0.455. The summed E-state index contributed by atoms with van der Waals surface area (Å²) in [5.41, 5.74) is 7.74. The van der Waals surface area contributed by atoms with Gasteiger partial charge in [-0.1, -0.05) is 0 Å². The Morgan fingerprint density at radius 1 is 1.82 bits per heavy atom. The van der Waals surface area contributed by atoms with E-state index in [2.05, 4.69) is 22.7 Å². The molecule has 0 unspecified atom stereocenters. The molecule has 0 radical (unpaired) electrons. The van der Waals surface area contributed by atoms with Crippen molar-refractivity contribution >= 4 is 29.0 Å². The minimum absolute atomic E-state index is 0.0229. The van der Waals surface area contributed by atoms with E-state index in [1.54, 1.807) is 6.92 Å². The molecule has 0 aromatic carbocycles. The van der Waals surface area contributed by atoms with E-state index < -0.39 is 5.97 Å². The highest BCUT2D eigenvalue weighted by Gasteiger charge is 1.98. The van der Waals surface area contributed by atoms with Crippen molar-refractivity contribution in [1.82, 2.24) is 5.43 Å². The van der Waals surface area contributed by atoms with Gasteiger partial charge in [0.05, 0.1) is 6.42 Å². The molecule has 4 N–H and O–H groups in total. The topological polar surface area (TPSA) is 87.7 Å². The maximum absolute atomic E-state index is 10.1. The first-order chi connectivity index (χ1) is 5.02. The van der Waals surface area contributed by atoms with Crippen molar-refractivity contribution in [1.29, 1.82) is 0 Å². The number of carboxylic acids is 1. The number of carbonyl (C=O) groups is 1. The molecule has 0 fully saturated rings. The number of hydrazone groups is 1. The molecule has 0 aromatic heterocycles. The van der Waals surface area contributed by atoms with Gasteiger partial charge in [-0.3, -0.25) is 10.2 Å². The van der Waals surface area contributed by atoms with E-state index in [1.165, 1.54) is 0 Å². The molecule has 0 aliphatic rings. The second kappa shape index (κ2) is 4.62. The molecule has 62 valence electrons. The molecule has 0 spiro atoms. The van der Waals surface area contributed by atoms with E-state index in [1.807, 2.05) is 0 Å². The standard InChI is InChI=1S/C5H9N3O2S/c1-3(2-4(9)10)7-8-5(6)11/h2H2,1H3,(H,9,10)(H3,6,8,11). The van der Waals surface area contributed by atoms with E-state index in [9.17, 15) is 4.79 Å². The van der Waals surface area contributed by atoms with Crippen LogP contribution >= 0.6 is 12.2 Å². The Morgan fingerprint density at radius 3 is 2.73 bits per heavy atom. The van der Waals surface area contributed by atoms with E-state index in [-0.39, 0.29) is 11.5 Å². The van der Waals surface area contributed by atoms with E-state index in [0.29, 0.717) is 5.71 Å². The smallest absolute Gasteiger partial charge is 0.309 e. The summed E-state index contributed by atoms with van der Waals surface area (Å²) >= 11 is 4.44. The lowest BCUT2D eigenvalue weighted by atomic mass is 10.3. The summed E-state index contributed by atoms with van der Waals surface area (Å²) in [5.74, 6) is -0.934. The summed E-state index contributed by atoms with van der Waals surface area (Å²) in [6.07, 6.45) is -0.115. The highest BCUT2D eigenvalue weighted by Crippen LogP contribution is 1.83. The maximum Gasteiger partial charge on any atom is 0.309 e. The summed E-state index contributed by atoms with van der Waals surface area (Å²) in [6.45, 7) is 1.57. The monoisotopic (exact) mass is 175 g/mol. The predicted octanol–water partition coefficient (Wildman–Crippen LogP) is -0.330. The zero-order chi connectivity index (χ0) is 8.85. The molecule has 5 nitrogen and oxygen atoms in total. The Hall–Kier alpha value is -1.17. The van der Waals surface area contributed by atoms with Gasteiger partial charge in [0.1, 0.15) is 0 Å². The van der Waals surface area contributed by atoms with Gasteiger partial charge >= 0.3 is 5.97 Å². The van der Waals surface area contributed by atoms with E-state index in [4.69, 9.17) is 10.8 Å². The number of nitrogens with one attached hydrogen (secondary N) is 1. The first-order valence-corrected chi connectivity index (χ1v) is 3.23. The van der Waals surface area contributed by atoms with E-state index in [0.717, 1.165) is 0 Å². The number of hydrogen-bond acceptors (Lipinski definition) is 3. The Morgan fingerprint density at radius 2 is 2.36 bits per heavy atom. The average Bonchev–Trinajstić information content (AvgIpc) is 1.82. The molecular formula is C5H9N3O2S. The molecule has 0 amide bonds. The van der Waals surface area contributed by atoms with Crippen molar-refractivity contribution in [2.75, 3.05) is 0 Å². The number of thiocarbonyl (C=S) groups is 1. The predicted molar refractivity (Wildman–Crippen MR) is 45.3 cm³/mol. The van der Waals surface area contributed by atoms with Gasteiger partial charge in [-0.15, -0.1) is 0 Å². The molecule has 0 atom stereocenters. The second-order valence-electron chi connectivity index (χ2n) is 1.89. The number of aliphatic carboxylic acids is 1. The summed E-state index contributed by atoms with van der Waals surface area (Å²) < 4.78 is 0. The highest BCUT2D eigenvalue weighted by molar-refractivity contribution is 7.80. The van der Waals surface area contributed by atoms with Crippen LogP contribution in [0.25, 0.3) is 0 Å². The normalized spacial score (nSPS) is 10.8. The summed E-state index contributed by atoms with van der Waals surface area (Å²) in [7, 11) is 0. The average molecular weight is 175 g/mol. The van der Waals surface area contributed by atoms with Crippen molar-refractivity contribution in [3.63, 3.8) is 0 Å². The van der Waals surface area contributed by atoms with Crippen LogP contribution in [0.3, 0.4) is 0 Å². The van der Waals surface area contributed by atoms with Crippen molar-refractivity contribution in [2.24, 2.45) is 10.8 Å². The molecule has 0 aliphatic heterocycles. The zero-order valence-electron chi connectivity index (χ0n) is 6.00. The molecule has 6 heteroatoms. The van der Waals surface area contributed by atoms with E-state index >= 15 is 0 Å². The van der Waals surface area contributed by atoms with Crippen LogP contribution in [0.2, 0.25) is 0 Å². The summed E-state index contributed by atoms with van der Waals surface area (Å²) in [5, 5.41) is 11.9. The lowest BCUT2D eigenvalue weighted by Crippen LogP contribution is -2.25. The van der Waals surface area contributed by atoms with Crippen molar-refractivity contribution in [2.45, 2.75) is 13.3 Å². The fraction of sp³-hybridized carbons (Fsp3) is 0.400. The van der Waals surface area contributed by atoms with Gasteiger partial charge in [-0.05, 0) is 19.1 Å². The first kappa shape index (κ1) is 9.83. The van der Waals surface area contributed by atoms with Crippen LogP contribution in [0.4, 0.5) is 0 Å². The number of nitrogens with two attached hydrogens (primary N) is 1. The highest BCUT2D eigenvalue weighted by atomic mass is 32.1. The second-order valence-corrected chi connectivity index (χ2v) is 2.33. The van der Waals surface area contributed by atoms with Crippen LogP contribution in [0.15, 0.2) is 5.10 Å². The lowest BCUT2D eigenvalue weighted by molar-refractivity contribution is -0.135. The molecule has 0 saturated carbocycles. The quantitative estimate of drug-likeness (QED) is 0.310. The Balaban J connectivity index is 3.81. The third-order valence-electron chi connectivity index (χ3n) is 0.764. The number of nitrogens with zero attached hydrogens (tertiary/aromatic N) is 1. The zero-order valence-corrected chi connectivity index (χ0v) is 6.81. The molecule has 0 heterocycles. The lowest BCUT2D eigenvalue weighted by Gasteiger charge is -1.96. The van der Waals surface area contributed by atoms with Crippen molar-refractivity contribution in [3.05, 3.63) is 0 Å². The third kappa shape index (κ3) is 6.72. The van der Waals surface area contributed by atoms with Crippen molar-refractivity contribution < 1.29 is 9.90 Å². The molecular weight excluding hydrogens is 166 g/mol. The van der Waals surface area contributed by atoms with Gasteiger partial charge in [0.25, 0.3) is 0 Å². The number of carboxylic acid groups (broad SMARTS) is 1. The maximum atomic E-state index is 10.1. The Labute approximate surface area is 69.3 Å². The van der Waals surface area contributed by atoms with Gasteiger partial charge in [0.15, 0.2) is 5.11 Å². The molecule has 0 saturated heterocycles. The molecule has 0 rings (SSSR count). The van der Waals surface area contributed by atoms with Crippen molar-refractivity contribution in [3.8, 4) is 0 Å². The van der Waals surface area contributed by atoms with Crippen LogP contribution in [0.1, 0.15) is 13.3 Å². The molecule has 0 bridgehead atoms. The fourth-order valence-electron chi connectivity index (χ4n) is 0.409. The SMILES string of the molecule is CC(CC(=O)O)=NNC(N)=S. The molecule has 0 aliphatic carbocycles. The largest absolute Gasteiger partial charge is 0.481 e. The number of rotatable bonds is 3. The molecule has 11 heavy (non-hydrogen) atoms. The van der Waals surface area contributed by atoms with Crippen LogP contribution in [-0.2, 0) is 4.79 Å². The minimum atomic E-state index is -0.934. The van der Waals surface area contributed by atoms with Gasteiger partial charge in [-0.2, -0.15) is 5.10 Å². The minimum Gasteiger partial charge on any atom is -0.481 e. The van der Waals surface area contributed by atoms with Gasteiger partial charge in [0, 0.05) is 5.71 Å². The van der Waals surface area contributed by atoms with Gasteiger partial charge in [0.2, 0.25) is 0 Å². The van der Waals surface area contributed by atoms with Gasteiger partial charge in [-0.25, -0.2) is 0 Å². The van der Waals surface area contributed by atoms with Crippen LogP contribution in [-0.4, -0.2) is 21.9 Å². The first-order valence-electron chi connectivity index (χ1n) is 2.82. The van der Waals surface area contributed by atoms with Gasteiger partial charge < -0.3 is 10.8 Å². The Kier molecular flexibility index (Phi) is 4.12. The Bertz CT molecular complexity index is 202. The molecule has 0 aromatic rings. The summed E-state index contributed by atoms with van der Waals surface area (Å²) in [6, 6.07) is 0. The van der Waals surface area contributed by atoms with Crippen LogP contribution < -0.4 is 11.2 Å². The summed E-state index contributed by atoms with van der Waals surface area (Å²) in [4.78, 5) is 10.1. The van der Waals surface area contributed by atoms with Crippen LogP contribution in [0.5, 0.6) is 0 Å².